The van der Waals surface area contributed by atoms with Crippen LogP contribution in [-0.2, 0) is 9.53 Å². The maximum atomic E-state index is 12.3. The summed E-state index contributed by atoms with van der Waals surface area (Å²) in [6, 6.07) is 0. The lowest BCUT2D eigenvalue weighted by atomic mass is 10.0. The predicted octanol–water partition coefficient (Wildman–Crippen LogP) is 14.2. The van der Waals surface area contributed by atoms with Crippen molar-refractivity contribution < 1.29 is 9.53 Å². The molecule has 0 bridgehead atoms. The van der Waals surface area contributed by atoms with Gasteiger partial charge in [-0.05, 0) is 25.5 Å². The number of carbonyl (C=O) groups excluding carboxylic acids is 1. The predicted molar refractivity (Wildman–Crippen MR) is 192 cm³/mol. The van der Waals surface area contributed by atoms with Crippen molar-refractivity contribution in [1.82, 2.24) is 0 Å². The molecule has 0 aliphatic carbocycles. The number of carbonyl (C=O) groups is 1. The van der Waals surface area contributed by atoms with Crippen molar-refractivity contribution in [3.05, 3.63) is 0 Å². The Morgan fingerprint density at radius 1 is 0.429 bits per heavy atom. The molecule has 0 amide bonds. The lowest BCUT2D eigenvalue weighted by Gasteiger charge is -2.11. The van der Waals surface area contributed by atoms with Crippen LogP contribution in [0.3, 0.4) is 0 Å². The van der Waals surface area contributed by atoms with Crippen molar-refractivity contribution in [3.63, 3.8) is 0 Å². The Bertz CT molecular complexity index is 509. The summed E-state index contributed by atoms with van der Waals surface area (Å²) in [5.41, 5.74) is 0. The van der Waals surface area contributed by atoms with Crippen LogP contribution in [0.2, 0.25) is 0 Å². The summed E-state index contributed by atoms with van der Waals surface area (Å²) >= 11 is 1.79. The molecular weight excluding hydrogens is 532 g/mol. The minimum absolute atomic E-state index is 0.00236. The first-order valence-corrected chi connectivity index (χ1v) is 20.6. The first-order valence-electron chi connectivity index (χ1n) is 19.5. The third-order valence-electron chi connectivity index (χ3n) is 8.94. The molecule has 0 radical (unpaired) electrons. The van der Waals surface area contributed by atoms with E-state index in [4.69, 9.17) is 4.74 Å². The van der Waals surface area contributed by atoms with Crippen LogP contribution in [0.4, 0.5) is 0 Å². The van der Waals surface area contributed by atoms with Crippen LogP contribution in [-0.4, -0.2) is 23.6 Å². The average Bonchev–Trinajstić information content (AvgIpc) is 3.00. The zero-order valence-corrected chi connectivity index (χ0v) is 30.2. The highest BCUT2D eigenvalue weighted by Gasteiger charge is 2.14. The van der Waals surface area contributed by atoms with Crippen LogP contribution in [0.1, 0.15) is 226 Å². The Kier molecular flexibility index (Phi) is 36.9. The van der Waals surface area contributed by atoms with E-state index in [0.717, 1.165) is 12.2 Å². The first kappa shape index (κ1) is 41.8. The van der Waals surface area contributed by atoms with Crippen LogP contribution in [0, 0.1) is 0 Å². The minimum Gasteiger partial charge on any atom is -0.465 e. The van der Waals surface area contributed by atoms with Gasteiger partial charge in [-0.1, -0.05) is 206 Å². The van der Waals surface area contributed by atoms with Crippen molar-refractivity contribution in [2.45, 2.75) is 231 Å². The number of hydrogen-bond acceptors (Lipinski definition) is 3. The molecule has 0 aromatic carbocycles. The highest BCUT2D eigenvalue weighted by Crippen LogP contribution is 2.18. The van der Waals surface area contributed by atoms with Gasteiger partial charge in [-0.2, -0.15) is 0 Å². The fraction of sp³-hybridized carbons (Fsp3) is 0.974. The van der Waals surface area contributed by atoms with Gasteiger partial charge >= 0.3 is 5.97 Å². The zero-order valence-electron chi connectivity index (χ0n) is 29.3. The lowest BCUT2D eigenvalue weighted by Crippen LogP contribution is -2.18. The molecule has 0 saturated heterocycles. The van der Waals surface area contributed by atoms with Gasteiger partial charge in [0, 0.05) is 0 Å². The van der Waals surface area contributed by atoms with Crippen LogP contribution >= 0.6 is 11.8 Å². The van der Waals surface area contributed by atoms with Gasteiger partial charge in [-0.25, -0.2) is 0 Å². The van der Waals surface area contributed by atoms with Gasteiger partial charge in [0.2, 0.25) is 0 Å². The second-order valence-corrected chi connectivity index (χ2v) is 14.7. The van der Waals surface area contributed by atoms with E-state index < -0.39 is 0 Å². The molecule has 0 aliphatic rings. The van der Waals surface area contributed by atoms with Crippen molar-refractivity contribution in [2.24, 2.45) is 0 Å². The van der Waals surface area contributed by atoms with Crippen molar-refractivity contribution in [2.75, 3.05) is 12.4 Å². The smallest absolute Gasteiger partial charge is 0.318 e. The van der Waals surface area contributed by atoms with Gasteiger partial charge in [0.05, 0.1) is 11.9 Å². The summed E-state index contributed by atoms with van der Waals surface area (Å²) in [6.07, 6.45) is 44.4. The molecule has 0 aromatic heterocycles. The molecule has 0 aliphatic heterocycles. The Morgan fingerprint density at radius 2 is 0.690 bits per heavy atom. The van der Waals surface area contributed by atoms with Gasteiger partial charge in [0.25, 0.3) is 0 Å². The number of hydrogen-bond donors (Lipinski definition) is 0. The monoisotopic (exact) mass is 611 g/mol. The van der Waals surface area contributed by atoms with Gasteiger partial charge in [-0.15, -0.1) is 11.8 Å². The Hall–Kier alpha value is -0.180. The molecule has 0 spiro atoms. The van der Waals surface area contributed by atoms with Crippen LogP contribution < -0.4 is 0 Å². The van der Waals surface area contributed by atoms with E-state index in [0.29, 0.717) is 6.61 Å². The summed E-state index contributed by atoms with van der Waals surface area (Å²) in [4.78, 5) is 12.3. The van der Waals surface area contributed by atoms with Crippen molar-refractivity contribution >= 4 is 17.7 Å². The van der Waals surface area contributed by atoms with E-state index in [9.17, 15) is 4.79 Å². The normalized spacial score (nSPS) is 12.2. The van der Waals surface area contributed by atoms with Gasteiger partial charge in [0.15, 0.2) is 0 Å². The quantitative estimate of drug-likeness (QED) is 0.0521. The third kappa shape index (κ3) is 34.3. The van der Waals surface area contributed by atoms with Crippen molar-refractivity contribution in [1.29, 1.82) is 0 Å². The molecule has 3 heteroatoms. The Morgan fingerprint density at radius 3 is 1.00 bits per heavy atom. The molecule has 0 aromatic rings. The maximum absolute atomic E-state index is 12.3. The van der Waals surface area contributed by atoms with Crippen LogP contribution in [0.25, 0.3) is 0 Å². The highest BCUT2D eigenvalue weighted by molar-refractivity contribution is 8.00. The molecule has 0 heterocycles. The van der Waals surface area contributed by atoms with Crippen molar-refractivity contribution in [3.8, 4) is 0 Å². The Labute approximate surface area is 270 Å². The van der Waals surface area contributed by atoms with Gasteiger partial charge in [0.1, 0.15) is 0 Å². The number of rotatable bonds is 36. The molecule has 1 atom stereocenters. The average molecular weight is 611 g/mol. The standard InChI is InChI=1S/C39H78O2S/c1-4-6-8-10-12-14-16-18-20-22-24-26-28-30-32-34-36-41-39(40)38(3)42-37-35-33-31-29-27-25-23-21-19-17-15-13-11-9-7-5-2/h38H,4-37H2,1-3H3. The SMILES string of the molecule is CCCCCCCCCCCCCCCCCCOC(=O)C(C)SCCCCCCCCCCCCCCCCCC. The second kappa shape index (κ2) is 37.0. The third-order valence-corrected chi connectivity index (χ3v) is 10.2. The van der Waals surface area contributed by atoms with E-state index >= 15 is 0 Å². The number of ether oxygens (including phenoxy) is 1. The van der Waals surface area contributed by atoms with E-state index in [1.165, 1.54) is 199 Å². The molecular formula is C39H78O2S. The summed E-state index contributed by atoms with van der Waals surface area (Å²) < 4.78 is 5.55. The van der Waals surface area contributed by atoms with E-state index in [-0.39, 0.29) is 11.2 Å². The van der Waals surface area contributed by atoms with Crippen LogP contribution in [0.5, 0.6) is 0 Å². The highest BCUT2D eigenvalue weighted by atomic mass is 32.2. The summed E-state index contributed by atoms with van der Waals surface area (Å²) in [5, 5.41) is -0.0117. The topological polar surface area (TPSA) is 26.3 Å². The fourth-order valence-electron chi connectivity index (χ4n) is 5.92. The molecule has 0 saturated carbocycles. The van der Waals surface area contributed by atoms with Crippen LogP contribution in [0.15, 0.2) is 0 Å². The Balaban J connectivity index is 3.26. The van der Waals surface area contributed by atoms with E-state index in [1.54, 1.807) is 11.8 Å². The molecule has 2 nitrogen and oxygen atoms in total. The summed E-state index contributed by atoms with van der Waals surface area (Å²) in [5.74, 6) is 1.09. The summed E-state index contributed by atoms with van der Waals surface area (Å²) in [7, 11) is 0. The fourth-order valence-corrected chi connectivity index (χ4v) is 6.85. The minimum atomic E-state index is -0.0117. The largest absolute Gasteiger partial charge is 0.465 e. The number of unbranched alkanes of at least 4 members (excludes halogenated alkanes) is 30. The molecule has 42 heavy (non-hydrogen) atoms. The maximum Gasteiger partial charge on any atom is 0.318 e. The molecule has 0 rings (SSSR count). The molecule has 0 N–H and O–H groups in total. The zero-order chi connectivity index (χ0) is 30.6. The second-order valence-electron chi connectivity index (χ2n) is 13.3. The first-order chi connectivity index (χ1) is 20.7. The number of thioether (sulfide) groups is 1. The van der Waals surface area contributed by atoms with E-state index in [2.05, 4.69) is 13.8 Å². The molecule has 0 fully saturated rings. The molecule has 252 valence electrons. The number of esters is 1. The van der Waals surface area contributed by atoms with Gasteiger partial charge < -0.3 is 4.74 Å². The lowest BCUT2D eigenvalue weighted by molar-refractivity contribution is -0.142. The van der Waals surface area contributed by atoms with Gasteiger partial charge in [-0.3, -0.25) is 4.79 Å². The van der Waals surface area contributed by atoms with E-state index in [1.807, 2.05) is 6.92 Å². The summed E-state index contributed by atoms with van der Waals surface area (Å²) in [6.45, 7) is 7.22. The molecule has 1 unspecified atom stereocenters.